The van der Waals surface area contributed by atoms with Crippen LogP contribution in [0.3, 0.4) is 0 Å². The minimum Gasteiger partial charge on any atom is -0.409 e. The van der Waals surface area contributed by atoms with Crippen LogP contribution >= 0.6 is 0 Å². The monoisotopic (exact) mass is 309 g/mol. The average molecular weight is 309 g/mol. The molecule has 8 heteroatoms. The molecule has 0 atom stereocenters. The van der Waals surface area contributed by atoms with Crippen molar-refractivity contribution in [3.63, 3.8) is 0 Å². The summed E-state index contributed by atoms with van der Waals surface area (Å²) in [5, 5.41) is 11.4. The van der Waals surface area contributed by atoms with Crippen molar-refractivity contribution in [3.8, 4) is 0 Å². The molecule has 5 nitrogen and oxygen atoms in total. The molecule has 0 aliphatic heterocycles. The third kappa shape index (κ3) is 5.09. The third-order valence-corrected chi connectivity index (χ3v) is 3.83. The van der Waals surface area contributed by atoms with Crippen LogP contribution < -0.4 is 5.73 Å². The summed E-state index contributed by atoms with van der Waals surface area (Å²) in [6, 6.07) is 0. The molecule has 1 saturated carbocycles. The van der Waals surface area contributed by atoms with Crippen LogP contribution in [-0.4, -0.2) is 41.1 Å². The van der Waals surface area contributed by atoms with Gasteiger partial charge in [-0.2, -0.15) is 13.2 Å². The van der Waals surface area contributed by atoms with Crippen LogP contribution in [0.1, 0.15) is 39.0 Å². The van der Waals surface area contributed by atoms with Crippen molar-refractivity contribution in [3.05, 3.63) is 0 Å². The quantitative estimate of drug-likeness (QED) is 0.354. The normalized spacial score (nSPS) is 23.9. The van der Waals surface area contributed by atoms with Crippen LogP contribution in [0.5, 0.6) is 0 Å². The molecule has 1 fully saturated rings. The lowest BCUT2D eigenvalue weighted by Crippen LogP contribution is -2.43. The second-order valence-electron chi connectivity index (χ2n) is 5.44. The first-order valence-corrected chi connectivity index (χ1v) is 7.11. The Kier molecular flexibility index (Phi) is 6.29. The molecule has 0 aromatic rings. The number of nitrogens with two attached hydrogens (primary N) is 1. The van der Waals surface area contributed by atoms with Gasteiger partial charge >= 0.3 is 6.18 Å². The molecule has 1 amide bonds. The molecule has 122 valence electrons. The lowest BCUT2D eigenvalue weighted by molar-refractivity contribution is -0.185. The fourth-order valence-corrected chi connectivity index (χ4v) is 2.69. The summed E-state index contributed by atoms with van der Waals surface area (Å²) in [6.07, 6.45) is -3.03. The van der Waals surface area contributed by atoms with E-state index in [4.69, 9.17) is 10.9 Å². The summed E-state index contributed by atoms with van der Waals surface area (Å²) in [5.41, 5.74) is 5.41. The SMILES string of the molecule is CCCN(CC(N)=NO)C(=O)C1CCC(C(F)(F)F)CC1. The van der Waals surface area contributed by atoms with Gasteiger partial charge in [-0.1, -0.05) is 12.1 Å². The molecule has 0 aromatic heterocycles. The molecule has 0 unspecified atom stereocenters. The fraction of sp³-hybridized carbons (Fsp3) is 0.846. The van der Waals surface area contributed by atoms with E-state index in [1.807, 2.05) is 6.92 Å². The molecule has 0 heterocycles. The molecule has 1 rings (SSSR count). The molecule has 21 heavy (non-hydrogen) atoms. The standard InChI is InChI=1S/C13H22F3N3O2/c1-2-7-19(8-11(17)18-21)12(20)9-3-5-10(6-4-9)13(14,15)16/h9-10,21H,2-8H2,1H3,(H2,17,18). The first-order valence-electron chi connectivity index (χ1n) is 7.11. The predicted molar refractivity (Wildman–Crippen MR) is 71.8 cm³/mol. The maximum absolute atomic E-state index is 12.6. The van der Waals surface area contributed by atoms with E-state index in [0.717, 1.165) is 0 Å². The summed E-state index contributed by atoms with van der Waals surface area (Å²) in [4.78, 5) is 13.8. The van der Waals surface area contributed by atoms with Gasteiger partial charge in [-0.3, -0.25) is 4.79 Å². The molecule has 3 N–H and O–H groups in total. The van der Waals surface area contributed by atoms with Crippen LogP contribution in [0.4, 0.5) is 13.2 Å². The molecule has 0 bridgehead atoms. The Labute approximate surface area is 122 Å². The summed E-state index contributed by atoms with van der Waals surface area (Å²) in [7, 11) is 0. The van der Waals surface area contributed by atoms with Gasteiger partial charge in [0.1, 0.15) is 0 Å². The van der Waals surface area contributed by atoms with Gasteiger partial charge < -0.3 is 15.8 Å². The smallest absolute Gasteiger partial charge is 0.391 e. The number of hydrogen-bond acceptors (Lipinski definition) is 3. The highest BCUT2D eigenvalue weighted by atomic mass is 19.4. The Morgan fingerprint density at radius 3 is 2.33 bits per heavy atom. The van der Waals surface area contributed by atoms with Crippen molar-refractivity contribution in [2.45, 2.75) is 45.2 Å². The zero-order valence-corrected chi connectivity index (χ0v) is 12.1. The molecule has 0 radical (unpaired) electrons. The number of nitrogens with zero attached hydrogens (tertiary/aromatic N) is 2. The van der Waals surface area contributed by atoms with E-state index in [-0.39, 0.29) is 44.0 Å². The lowest BCUT2D eigenvalue weighted by Gasteiger charge is -2.32. The maximum atomic E-state index is 12.6. The second kappa shape index (κ2) is 7.51. The van der Waals surface area contributed by atoms with E-state index < -0.39 is 18.0 Å². The highest BCUT2D eigenvalue weighted by Gasteiger charge is 2.42. The van der Waals surface area contributed by atoms with Gasteiger partial charge in [0.2, 0.25) is 5.91 Å². The van der Waals surface area contributed by atoms with Crippen LogP contribution in [0.25, 0.3) is 0 Å². The predicted octanol–water partition coefficient (Wildman–Crippen LogP) is 2.34. The number of amides is 1. The highest BCUT2D eigenvalue weighted by molar-refractivity contribution is 5.87. The number of halogens is 3. The Bertz CT molecular complexity index is 377. The summed E-state index contributed by atoms with van der Waals surface area (Å²) >= 11 is 0. The van der Waals surface area contributed by atoms with Crippen molar-refractivity contribution in [1.29, 1.82) is 0 Å². The van der Waals surface area contributed by atoms with Crippen molar-refractivity contribution in [1.82, 2.24) is 4.90 Å². The molecular formula is C13H22F3N3O2. The number of rotatable bonds is 5. The topological polar surface area (TPSA) is 78.9 Å². The summed E-state index contributed by atoms with van der Waals surface area (Å²) in [6.45, 7) is 2.32. The molecule has 1 aliphatic rings. The number of oxime groups is 1. The zero-order valence-electron chi connectivity index (χ0n) is 12.1. The largest absolute Gasteiger partial charge is 0.409 e. The number of alkyl halides is 3. The number of carbonyl (C=O) groups is 1. The Balaban J connectivity index is 2.61. The molecular weight excluding hydrogens is 287 g/mol. The van der Waals surface area contributed by atoms with E-state index in [9.17, 15) is 18.0 Å². The highest BCUT2D eigenvalue weighted by Crippen LogP contribution is 2.39. The van der Waals surface area contributed by atoms with Gasteiger partial charge in [0, 0.05) is 12.5 Å². The van der Waals surface area contributed by atoms with Gasteiger partial charge in [-0.25, -0.2) is 0 Å². The van der Waals surface area contributed by atoms with E-state index in [0.29, 0.717) is 13.0 Å². The van der Waals surface area contributed by atoms with E-state index >= 15 is 0 Å². The number of amidine groups is 1. The van der Waals surface area contributed by atoms with Gasteiger partial charge in [0.05, 0.1) is 12.5 Å². The van der Waals surface area contributed by atoms with Crippen LogP contribution in [0, 0.1) is 11.8 Å². The van der Waals surface area contributed by atoms with Crippen LogP contribution in [0.2, 0.25) is 0 Å². The fourth-order valence-electron chi connectivity index (χ4n) is 2.69. The van der Waals surface area contributed by atoms with Gasteiger partial charge in [0.15, 0.2) is 5.84 Å². The molecule has 0 spiro atoms. The van der Waals surface area contributed by atoms with Crippen molar-refractivity contribution in [2.24, 2.45) is 22.7 Å². The first-order chi connectivity index (χ1) is 9.79. The molecule has 0 aromatic carbocycles. The average Bonchev–Trinajstić information content (AvgIpc) is 2.45. The third-order valence-electron chi connectivity index (χ3n) is 3.83. The summed E-state index contributed by atoms with van der Waals surface area (Å²) in [5.74, 6) is -1.99. The molecule has 1 aliphatic carbocycles. The Morgan fingerprint density at radius 1 is 1.33 bits per heavy atom. The van der Waals surface area contributed by atoms with E-state index in [1.54, 1.807) is 0 Å². The minimum atomic E-state index is -4.18. The minimum absolute atomic E-state index is 0.00235. The number of hydrogen-bond donors (Lipinski definition) is 2. The Hall–Kier alpha value is -1.47. The van der Waals surface area contributed by atoms with Gasteiger partial charge in [-0.05, 0) is 32.1 Å². The van der Waals surface area contributed by atoms with Crippen LogP contribution in [0.15, 0.2) is 5.16 Å². The van der Waals surface area contributed by atoms with Crippen molar-refractivity contribution >= 4 is 11.7 Å². The van der Waals surface area contributed by atoms with Gasteiger partial charge in [0.25, 0.3) is 0 Å². The molecule has 0 saturated heterocycles. The van der Waals surface area contributed by atoms with E-state index in [1.165, 1.54) is 4.90 Å². The van der Waals surface area contributed by atoms with E-state index in [2.05, 4.69) is 5.16 Å². The van der Waals surface area contributed by atoms with Crippen LogP contribution in [-0.2, 0) is 4.79 Å². The first kappa shape index (κ1) is 17.6. The van der Waals surface area contributed by atoms with Gasteiger partial charge in [-0.15, -0.1) is 0 Å². The summed E-state index contributed by atoms with van der Waals surface area (Å²) < 4.78 is 37.8. The zero-order chi connectivity index (χ0) is 16.0. The van der Waals surface area contributed by atoms with Crippen molar-refractivity contribution in [2.75, 3.05) is 13.1 Å². The number of carbonyl (C=O) groups excluding carboxylic acids is 1. The lowest BCUT2D eigenvalue weighted by atomic mass is 9.81. The second-order valence-corrected chi connectivity index (χ2v) is 5.44. The Morgan fingerprint density at radius 2 is 1.90 bits per heavy atom. The maximum Gasteiger partial charge on any atom is 0.391 e. The van der Waals surface area contributed by atoms with Crippen molar-refractivity contribution < 1.29 is 23.2 Å².